The summed E-state index contributed by atoms with van der Waals surface area (Å²) in [5.74, 6) is 0.499. The first-order valence-corrected chi connectivity index (χ1v) is 8.97. The van der Waals surface area contributed by atoms with Crippen molar-refractivity contribution in [1.82, 2.24) is 24.5 Å². The van der Waals surface area contributed by atoms with E-state index in [1.165, 1.54) is 6.07 Å². The number of rotatable bonds is 4. The summed E-state index contributed by atoms with van der Waals surface area (Å²) < 4.78 is 20.9. The zero-order valence-corrected chi connectivity index (χ0v) is 15.0. The second-order valence-corrected chi connectivity index (χ2v) is 6.76. The van der Waals surface area contributed by atoms with Crippen molar-refractivity contribution in [3.8, 4) is 5.75 Å². The van der Waals surface area contributed by atoms with Gasteiger partial charge in [-0.25, -0.2) is 9.37 Å². The Labute approximate surface area is 155 Å². The topological polar surface area (TPSA) is 72.6 Å². The number of hydrogen-bond acceptors (Lipinski definition) is 5. The van der Waals surface area contributed by atoms with E-state index in [2.05, 4.69) is 15.2 Å². The normalized spacial score (nSPS) is 17.3. The molecule has 8 heteroatoms. The van der Waals surface area contributed by atoms with E-state index in [-0.39, 0.29) is 29.2 Å². The zero-order chi connectivity index (χ0) is 18.8. The molecule has 140 valence electrons. The Bertz CT molecular complexity index is 974. The molecular formula is C19H20FN5O2. The van der Waals surface area contributed by atoms with Crippen molar-refractivity contribution >= 4 is 11.7 Å². The molecule has 1 unspecified atom stereocenters. The number of amides is 1. The molecule has 1 saturated heterocycles. The summed E-state index contributed by atoms with van der Waals surface area (Å²) >= 11 is 0. The Morgan fingerprint density at radius 1 is 1.30 bits per heavy atom. The van der Waals surface area contributed by atoms with Crippen molar-refractivity contribution in [3.05, 3.63) is 53.9 Å². The number of piperidine rings is 1. The quantitative estimate of drug-likeness (QED) is 0.707. The Kier molecular flexibility index (Phi) is 4.70. The number of carbonyl (C=O) groups excluding carboxylic acids is 1. The van der Waals surface area contributed by atoms with Gasteiger partial charge in [0.2, 0.25) is 5.82 Å². The largest absolute Gasteiger partial charge is 0.490 e. The SMILES string of the molecule is Cc1ccn2c(C(=O)N3CCCC(COc4ccccc4F)C3)nnc2n1. The highest BCUT2D eigenvalue weighted by atomic mass is 19.1. The molecule has 4 rings (SSSR count). The summed E-state index contributed by atoms with van der Waals surface area (Å²) in [6.45, 7) is 3.43. The fourth-order valence-electron chi connectivity index (χ4n) is 3.32. The van der Waals surface area contributed by atoms with Crippen molar-refractivity contribution in [3.63, 3.8) is 0 Å². The Hall–Kier alpha value is -3.03. The Morgan fingerprint density at radius 2 is 2.15 bits per heavy atom. The smallest absolute Gasteiger partial charge is 0.292 e. The summed E-state index contributed by atoms with van der Waals surface area (Å²) in [5.41, 5.74) is 0.817. The van der Waals surface area contributed by atoms with Crippen LogP contribution in [0.3, 0.4) is 0 Å². The second kappa shape index (κ2) is 7.30. The number of nitrogens with zero attached hydrogens (tertiary/aromatic N) is 5. The average molecular weight is 369 g/mol. The van der Waals surface area contributed by atoms with E-state index in [1.54, 1.807) is 33.7 Å². The summed E-state index contributed by atoms with van der Waals surface area (Å²) in [6, 6.07) is 8.16. The number of fused-ring (bicyclic) bond motifs is 1. The monoisotopic (exact) mass is 369 g/mol. The van der Waals surface area contributed by atoms with Crippen molar-refractivity contribution in [1.29, 1.82) is 0 Å². The highest BCUT2D eigenvalue weighted by molar-refractivity contribution is 5.91. The third kappa shape index (κ3) is 3.60. The van der Waals surface area contributed by atoms with Crippen molar-refractivity contribution in [2.24, 2.45) is 5.92 Å². The predicted molar refractivity (Wildman–Crippen MR) is 96.0 cm³/mol. The molecule has 3 aromatic rings. The maximum Gasteiger partial charge on any atom is 0.292 e. The minimum absolute atomic E-state index is 0.141. The first kappa shape index (κ1) is 17.4. The van der Waals surface area contributed by atoms with Gasteiger partial charge in [0.05, 0.1) is 6.61 Å². The highest BCUT2D eigenvalue weighted by Gasteiger charge is 2.28. The molecule has 3 heterocycles. The van der Waals surface area contributed by atoms with Crippen LogP contribution in [-0.4, -0.2) is 50.1 Å². The van der Waals surface area contributed by atoms with Crippen LogP contribution in [0.2, 0.25) is 0 Å². The fraction of sp³-hybridized carbons (Fsp3) is 0.368. The molecule has 0 radical (unpaired) electrons. The fourth-order valence-corrected chi connectivity index (χ4v) is 3.32. The second-order valence-electron chi connectivity index (χ2n) is 6.76. The summed E-state index contributed by atoms with van der Waals surface area (Å²) in [5, 5.41) is 8.01. The van der Waals surface area contributed by atoms with Gasteiger partial charge in [-0.2, -0.15) is 0 Å². The standard InChI is InChI=1S/C19H20FN5O2/c1-13-8-10-25-17(22-23-19(25)21-13)18(26)24-9-4-5-14(11-24)12-27-16-7-3-2-6-15(16)20/h2-3,6-8,10,14H,4-5,9,11-12H2,1H3. The molecule has 0 aliphatic carbocycles. The molecule has 27 heavy (non-hydrogen) atoms. The first-order chi connectivity index (χ1) is 13.1. The van der Waals surface area contributed by atoms with Crippen molar-refractivity contribution in [2.75, 3.05) is 19.7 Å². The molecule has 0 saturated carbocycles. The predicted octanol–water partition coefficient (Wildman–Crippen LogP) is 2.50. The van der Waals surface area contributed by atoms with Gasteiger partial charge in [-0.1, -0.05) is 12.1 Å². The molecule has 0 spiro atoms. The maximum atomic E-state index is 13.7. The molecule has 1 aliphatic heterocycles. The number of hydrogen-bond donors (Lipinski definition) is 0. The van der Waals surface area contributed by atoms with E-state index in [1.807, 2.05) is 13.0 Å². The van der Waals surface area contributed by atoms with Crippen LogP contribution in [0, 0.1) is 18.7 Å². The minimum Gasteiger partial charge on any atom is -0.490 e. The molecule has 1 aliphatic rings. The first-order valence-electron chi connectivity index (χ1n) is 8.97. The molecule has 0 N–H and O–H groups in total. The van der Waals surface area contributed by atoms with Gasteiger partial charge in [-0.15, -0.1) is 10.2 Å². The van der Waals surface area contributed by atoms with Crippen LogP contribution < -0.4 is 4.74 Å². The lowest BCUT2D eigenvalue weighted by Gasteiger charge is -2.32. The summed E-state index contributed by atoms with van der Waals surface area (Å²) in [7, 11) is 0. The van der Waals surface area contributed by atoms with Gasteiger partial charge in [0, 0.05) is 30.9 Å². The lowest BCUT2D eigenvalue weighted by molar-refractivity contribution is 0.0618. The van der Waals surface area contributed by atoms with E-state index in [4.69, 9.17) is 4.74 Å². The van der Waals surface area contributed by atoms with Gasteiger partial charge < -0.3 is 9.64 Å². The lowest BCUT2D eigenvalue weighted by atomic mass is 9.99. The van der Waals surface area contributed by atoms with Crippen LogP contribution in [0.5, 0.6) is 5.75 Å². The van der Waals surface area contributed by atoms with E-state index in [0.29, 0.717) is 25.5 Å². The van der Waals surface area contributed by atoms with Gasteiger partial charge in [0.1, 0.15) is 0 Å². The van der Waals surface area contributed by atoms with Crippen LogP contribution in [-0.2, 0) is 0 Å². The number of likely N-dealkylation sites (tertiary alicyclic amines) is 1. The van der Waals surface area contributed by atoms with E-state index in [9.17, 15) is 9.18 Å². The average Bonchev–Trinajstić information content (AvgIpc) is 3.10. The minimum atomic E-state index is -0.376. The number of para-hydroxylation sites is 1. The maximum absolute atomic E-state index is 13.7. The molecule has 1 aromatic carbocycles. The molecule has 1 amide bonds. The number of carbonyl (C=O) groups is 1. The van der Waals surface area contributed by atoms with Crippen LogP contribution in [0.15, 0.2) is 36.5 Å². The molecule has 1 atom stereocenters. The Morgan fingerprint density at radius 3 is 3.00 bits per heavy atom. The third-order valence-corrected chi connectivity index (χ3v) is 4.73. The van der Waals surface area contributed by atoms with E-state index >= 15 is 0 Å². The number of halogens is 1. The molecular weight excluding hydrogens is 349 g/mol. The molecule has 1 fully saturated rings. The molecule has 0 bridgehead atoms. The van der Waals surface area contributed by atoms with Crippen LogP contribution in [0.4, 0.5) is 4.39 Å². The van der Waals surface area contributed by atoms with Gasteiger partial charge in [-0.3, -0.25) is 9.20 Å². The highest BCUT2D eigenvalue weighted by Crippen LogP contribution is 2.22. The molecule has 7 nitrogen and oxygen atoms in total. The van der Waals surface area contributed by atoms with Crippen LogP contribution in [0.1, 0.15) is 29.2 Å². The van der Waals surface area contributed by atoms with Gasteiger partial charge in [0.15, 0.2) is 11.6 Å². The zero-order valence-electron chi connectivity index (χ0n) is 15.0. The summed E-state index contributed by atoms with van der Waals surface area (Å²) in [4.78, 5) is 18.9. The molecule has 2 aromatic heterocycles. The van der Waals surface area contributed by atoms with E-state index in [0.717, 1.165) is 18.5 Å². The van der Waals surface area contributed by atoms with Crippen molar-refractivity contribution < 1.29 is 13.9 Å². The van der Waals surface area contributed by atoms with Crippen molar-refractivity contribution in [2.45, 2.75) is 19.8 Å². The third-order valence-electron chi connectivity index (χ3n) is 4.73. The number of ether oxygens (including phenoxy) is 1. The van der Waals surface area contributed by atoms with Crippen LogP contribution in [0.25, 0.3) is 5.78 Å². The van der Waals surface area contributed by atoms with Gasteiger partial charge in [0.25, 0.3) is 11.7 Å². The van der Waals surface area contributed by atoms with Crippen LogP contribution >= 0.6 is 0 Å². The lowest BCUT2D eigenvalue weighted by Crippen LogP contribution is -2.42. The van der Waals surface area contributed by atoms with Gasteiger partial charge >= 0.3 is 0 Å². The summed E-state index contributed by atoms with van der Waals surface area (Å²) in [6.07, 6.45) is 3.55. The number of benzene rings is 1. The number of aryl methyl sites for hydroxylation is 1. The number of aromatic nitrogens is 4. The van der Waals surface area contributed by atoms with E-state index < -0.39 is 0 Å². The van der Waals surface area contributed by atoms with Gasteiger partial charge in [-0.05, 0) is 38.0 Å². The Balaban J connectivity index is 1.44.